The highest BCUT2D eigenvalue weighted by Crippen LogP contribution is 2.53. The molecule has 1 heterocycles. The van der Waals surface area contributed by atoms with E-state index in [4.69, 9.17) is 21.3 Å². The van der Waals surface area contributed by atoms with Gasteiger partial charge in [-0.05, 0) is 67.6 Å². The third kappa shape index (κ3) is 4.46. The fraction of sp³-hybridized carbons (Fsp3) is 0.375. The number of amidine groups is 1. The van der Waals surface area contributed by atoms with E-state index in [1.54, 1.807) is 0 Å². The minimum absolute atomic E-state index is 0.103. The van der Waals surface area contributed by atoms with Gasteiger partial charge in [0.15, 0.2) is 5.82 Å². The first-order valence-corrected chi connectivity index (χ1v) is 11.6. The Hall–Kier alpha value is -2.44. The van der Waals surface area contributed by atoms with Crippen LogP contribution in [0.15, 0.2) is 41.4 Å². The first-order chi connectivity index (χ1) is 14.8. The van der Waals surface area contributed by atoms with E-state index >= 15 is 0 Å². The van der Waals surface area contributed by atoms with Gasteiger partial charge in [-0.1, -0.05) is 37.6 Å². The summed E-state index contributed by atoms with van der Waals surface area (Å²) in [5, 5.41) is 4.75. The summed E-state index contributed by atoms with van der Waals surface area (Å²) < 4.78 is 10.8. The minimum atomic E-state index is -0.103. The second kappa shape index (κ2) is 8.60. The summed E-state index contributed by atoms with van der Waals surface area (Å²) in [6.07, 6.45) is 2.08. The number of halogens is 1. The standard InChI is InChI=1S/C24H27ClN4OS/c1-14(2)21(26-5)27-19-12-16(4)20(13-15(19)3)30-23-28-22(29-31-23)24(10-11-24)17-6-8-18(25)9-7-17/h6-9,12-14H,10-11H2,1-5H3,(H,26,27). The third-order valence-corrected chi connectivity index (χ3v) is 6.60. The molecule has 5 nitrogen and oxygen atoms in total. The van der Waals surface area contributed by atoms with Crippen molar-refractivity contribution >= 4 is 34.7 Å². The molecule has 1 aliphatic rings. The SMILES string of the molecule is CN=C(Nc1cc(C)c(Oc2nc(C3(c4ccc(Cl)cc4)CC3)ns2)cc1C)C(C)C. The lowest BCUT2D eigenvalue weighted by Crippen LogP contribution is -2.19. The van der Waals surface area contributed by atoms with E-state index in [0.717, 1.165) is 52.1 Å². The van der Waals surface area contributed by atoms with Crippen molar-refractivity contribution in [2.24, 2.45) is 10.9 Å². The highest BCUT2D eigenvalue weighted by Gasteiger charge is 2.49. The topological polar surface area (TPSA) is 59.4 Å². The summed E-state index contributed by atoms with van der Waals surface area (Å²) in [6, 6.07) is 12.1. The Morgan fingerprint density at radius 1 is 1.16 bits per heavy atom. The number of benzene rings is 2. The molecule has 1 aliphatic carbocycles. The van der Waals surface area contributed by atoms with Crippen LogP contribution >= 0.6 is 23.1 Å². The molecule has 162 valence electrons. The first kappa shape index (κ1) is 21.8. The lowest BCUT2D eigenvalue weighted by molar-refractivity contribution is 0.472. The molecule has 0 spiro atoms. The average molecular weight is 455 g/mol. The molecule has 4 rings (SSSR count). The molecule has 0 bridgehead atoms. The van der Waals surface area contributed by atoms with Crippen molar-refractivity contribution < 1.29 is 4.74 Å². The van der Waals surface area contributed by atoms with Crippen LogP contribution in [-0.2, 0) is 5.41 Å². The number of ether oxygens (including phenoxy) is 1. The van der Waals surface area contributed by atoms with Gasteiger partial charge >= 0.3 is 0 Å². The van der Waals surface area contributed by atoms with Crippen molar-refractivity contribution in [1.29, 1.82) is 0 Å². The fourth-order valence-electron chi connectivity index (χ4n) is 3.71. The van der Waals surface area contributed by atoms with Crippen molar-refractivity contribution in [2.75, 3.05) is 12.4 Å². The number of hydrogen-bond donors (Lipinski definition) is 1. The van der Waals surface area contributed by atoms with Crippen LogP contribution < -0.4 is 10.1 Å². The normalized spacial score (nSPS) is 15.3. The van der Waals surface area contributed by atoms with Gasteiger partial charge in [-0.2, -0.15) is 9.36 Å². The number of rotatable bonds is 6. The van der Waals surface area contributed by atoms with E-state index in [9.17, 15) is 0 Å². The maximum Gasteiger partial charge on any atom is 0.298 e. The summed E-state index contributed by atoms with van der Waals surface area (Å²) >= 11 is 7.35. The van der Waals surface area contributed by atoms with E-state index in [2.05, 4.69) is 53.7 Å². The maximum atomic E-state index is 6.15. The van der Waals surface area contributed by atoms with Gasteiger partial charge in [0.25, 0.3) is 5.19 Å². The van der Waals surface area contributed by atoms with Gasteiger partial charge in [0.1, 0.15) is 11.6 Å². The predicted octanol–water partition coefficient (Wildman–Crippen LogP) is 6.78. The molecule has 31 heavy (non-hydrogen) atoms. The second-order valence-corrected chi connectivity index (χ2v) is 9.55. The van der Waals surface area contributed by atoms with Crippen LogP contribution in [0, 0.1) is 19.8 Å². The molecule has 7 heteroatoms. The molecule has 3 aromatic rings. The molecule has 0 atom stereocenters. The molecule has 1 saturated carbocycles. The van der Waals surface area contributed by atoms with Crippen LogP contribution in [0.25, 0.3) is 0 Å². The van der Waals surface area contributed by atoms with Crippen molar-refractivity contribution in [2.45, 2.75) is 46.0 Å². The predicted molar refractivity (Wildman–Crippen MR) is 129 cm³/mol. The molecule has 0 unspecified atom stereocenters. The van der Waals surface area contributed by atoms with E-state index in [-0.39, 0.29) is 5.41 Å². The fourth-order valence-corrected chi connectivity index (χ4v) is 4.47. The van der Waals surface area contributed by atoms with Crippen molar-refractivity contribution in [3.05, 3.63) is 63.9 Å². The third-order valence-electron chi connectivity index (χ3n) is 5.75. The molecule has 0 saturated heterocycles. The zero-order valence-electron chi connectivity index (χ0n) is 18.5. The van der Waals surface area contributed by atoms with Gasteiger partial charge in [0.05, 0.1) is 5.41 Å². The Bertz CT molecular complexity index is 1120. The smallest absolute Gasteiger partial charge is 0.298 e. The molecular weight excluding hydrogens is 428 g/mol. The lowest BCUT2D eigenvalue weighted by atomic mass is 9.95. The van der Waals surface area contributed by atoms with Gasteiger partial charge in [-0.25, -0.2) is 0 Å². The molecule has 2 aromatic carbocycles. The molecule has 1 aromatic heterocycles. The number of nitrogens with one attached hydrogen (secondary N) is 1. The Kier molecular flexibility index (Phi) is 6.04. The summed E-state index contributed by atoms with van der Waals surface area (Å²) in [5.74, 6) is 2.92. The van der Waals surface area contributed by atoms with Crippen molar-refractivity contribution in [3.8, 4) is 10.9 Å². The Morgan fingerprint density at radius 2 is 1.87 bits per heavy atom. The number of aromatic nitrogens is 2. The molecule has 1 N–H and O–H groups in total. The Balaban J connectivity index is 1.54. The molecule has 1 fully saturated rings. The van der Waals surface area contributed by atoms with Crippen LogP contribution in [0.4, 0.5) is 5.69 Å². The number of aliphatic imine (C=N–C) groups is 1. The summed E-state index contributed by atoms with van der Waals surface area (Å²) in [7, 11) is 1.81. The zero-order valence-corrected chi connectivity index (χ0v) is 20.1. The van der Waals surface area contributed by atoms with E-state index in [1.165, 1.54) is 17.1 Å². The molecule has 0 amide bonds. The van der Waals surface area contributed by atoms with Crippen molar-refractivity contribution in [3.63, 3.8) is 0 Å². The number of anilines is 1. The van der Waals surface area contributed by atoms with Crippen LogP contribution in [0.5, 0.6) is 10.9 Å². The van der Waals surface area contributed by atoms with Gasteiger partial charge in [0, 0.05) is 35.2 Å². The summed E-state index contributed by atoms with van der Waals surface area (Å²) in [4.78, 5) is 9.09. The van der Waals surface area contributed by atoms with Crippen LogP contribution in [0.3, 0.4) is 0 Å². The monoisotopic (exact) mass is 454 g/mol. The largest absolute Gasteiger partial charge is 0.430 e. The van der Waals surface area contributed by atoms with Gasteiger partial charge in [-0.15, -0.1) is 0 Å². The molecule has 0 radical (unpaired) electrons. The maximum absolute atomic E-state index is 6.15. The van der Waals surface area contributed by atoms with Gasteiger partial charge < -0.3 is 10.1 Å². The van der Waals surface area contributed by atoms with Crippen LogP contribution in [0.2, 0.25) is 5.02 Å². The van der Waals surface area contributed by atoms with Crippen LogP contribution in [0.1, 0.15) is 49.2 Å². The number of hydrogen-bond acceptors (Lipinski definition) is 5. The van der Waals surface area contributed by atoms with Gasteiger partial charge in [-0.3, -0.25) is 4.99 Å². The second-order valence-electron chi connectivity index (χ2n) is 8.40. The van der Waals surface area contributed by atoms with Gasteiger partial charge in [0.2, 0.25) is 0 Å². The van der Waals surface area contributed by atoms with Crippen LogP contribution in [-0.4, -0.2) is 22.2 Å². The Morgan fingerprint density at radius 3 is 2.48 bits per heavy atom. The summed E-state index contributed by atoms with van der Waals surface area (Å²) in [6.45, 7) is 8.35. The number of nitrogens with zero attached hydrogens (tertiary/aromatic N) is 3. The average Bonchev–Trinajstić information content (AvgIpc) is 3.41. The minimum Gasteiger partial charge on any atom is -0.430 e. The lowest BCUT2D eigenvalue weighted by Gasteiger charge is -2.16. The van der Waals surface area contributed by atoms with E-state index in [0.29, 0.717) is 11.1 Å². The quantitative estimate of drug-likeness (QED) is 0.329. The highest BCUT2D eigenvalue weighted by atomic mass is 35.5. The molecular formula is C24H27ClN4OS. The summed E-state index contributed by atoms with van der Waals surface area (Å²) in [5.41, 5.74) is 4.27. The van der Waals surface area contributed by atoms with Crippen molar-refractivity contribution in [1.82, 2.24) is 9.36 Å². The highest BCUT2D eigenvalue weighted by molar-refractivity contribution is 7.07. The van der Waals surface area contributed by atoms with E-state index in [1.807, 2.05) is 32.2 Å². The molecule has 0 aliphatic heterocycles. The number of aryl methyl sites for hydroxylation is 2. The zero-order chi connectivity index (χ0) is 22.2. The first-order valence-electron chi connectivity index (χ1n) is 10.5. The Labute approximate surface area is 192 Å². The van der Waals surface area contributed by atoms with E-state index < -0.39 is 0 Å².